The van der Waals surface area contributed by atoms with Gasteiger partial charge in [0.05, 0.1) is 0 Å². The van der Waals surface area contributed by atoms with E-state index < -0.39 is 0 Å². The summed E-state index contributed by atoms with van der Waals surface area (Å²) in [4.78, 5) is 9.92. The lowest BCUT2D eigenvalue weighted by Crippen LogP contribution is -2.36. The highest BCUT2D eigenvalue weighted by atomic mass is 35.5. The Labute approximate surface area is 94.8 Å². The molecule has 0 unspecified atom stereocenters. The summed E-state index contributed by atoms with van der Waals surface area (Å²) in [5.74, 6) is 0.535. The predicted molar refractivity (Wildman–Crippen MR) is 62.9 cm³/mol. The van der Waals surface area contributed by atoms with Crippen LogP contribution in [0.5, 0.6) is 0 Å². The fraction of sp³-hybridized carbons (Fsp3) is 0.400. The van der Waals surface area contributed by atoms with E-state index in [0.717, 1.165) is 12.1 Å². The molecule has 0 aliphatic carbocycles. The molecule has 82 valence electrons. The molecule has 0 bridgehead atoms. The molecule has 4 nitrogen and oxygen atoms in total. The Morgan fingerprint density at radius 3 is 2.80 bits per heavy atom. The molecule has 0 aliphatic heterocycles. The SMILES string of the molecule is CCN(Cc1ccc(Cl)nc1)C(N)=NC. The van der Waals surface area contributed by atoms with Crippen molar-refractivity contribution in [3.63, 3.8) is 0 Å². The van der Waals surface area contributed by atoms with Gasteiger partial charge in [0, 0.05) is 26.3 Å². The molecule has 5 heteroatoms. The zero-order valence-corrected chi connectivity index (χ0v) is 9.70. The van der Waals surface area contributed by atoms with Crippen LogP contribution >= 0.6 is 11.6 Å². The molecule has 0 saturated carbocycles. The van der Waals surface area contributed by atoms with Gasteiger partial charge in [-0.2, -0.15) is 0 Å². The first kappa shape index (κ1) is 11.8. The lowest BCUT2D eigenvalue weighted by Gasteiger charge is -2.21. The minimum absolute atomic E-state index is 0.499. The summed E-state index contributed by atoms with van der Waals surface area (Å²) in [6, 6.07) is 3.70. The molecule has 1 rings (SSSR count). The Bertz CT molecular complexity index is 334. The van der Waals surface area contributed by atoms with Crippen LogP contribution in [0, 0.1) is 0 Å². The van der Waals surface area contributed by atoms with Crippen LogP contribution in [0.1, 0.15) is 12.5 Å². The second-order valence-corrected chi connectivity index (χ2v) is 3.47. The summed E-state index contributed by atoms with van der Waals surface area (Å²) >= 11 is 5.70. The second-order valence-electron chi connectivity index (χ2n) is 3.09. The first-order valence-electron chi connectivity index (χ1n) is 4.75. The van der Waals surface area contributed by atoms with E-state index in [9.17, 15) is 0 Å². The minimum atomic E-state index is 0.499. The largest absolute Gasteiger partial charge is 0.370 e. The predicted octanol–water partition coefficient (Wildman–Crippen LogP) is 1.50. The molecule has 15 heavy (non-hydrogen) atoms. The molecule has 0 aliphatic rings. The van der Waals surface area contributed by atoms with Gasteiger partial charge in [0.15, 0.2) is 5.96 Å². The average Bonchev–Trinajstić information content (AvgIpc) is 2.27. The fourth-order valence-electron chi connectivity index (χ4n) is 1.22. The smallest absolute Gasteiger partial charge is 0.191 e. The standard InChI is InChI=1S/C10H15ClN4/c1-3-15(10(12)13-2)7-8-4-5-9(11)14-6-8/h4-6H,3,7H2,1-2H3,(H2,12,13). The highest BCUT2D eigenvalue weighted by molar-refractivity contribution is 6.29. The van der Waals surface area contributed by atoms with E-state index in [1.165, 1.54) is 0 Å². The van der Waals surface area contributed by atoms with Gasteiger partial charge in [0.25, 0.3) is 0 Å². The molecule has 0 spiro atoms. The van der Waals surface area contributed by atoms with Crippen molar-refractivity contribution >= 4 is 17.6 Å². The van der Waals surface area contributed by atoms with E-state index in [2.05, 4.69) is 9.98 Å². The van der Waals surface area contributed by atoms with Crippen molar-refractivity contribution in [2.45, 2.75) is 13.5 Å². The van der Waals surface area contributed by atoms with Crippen LogP contribution < -0.4 is 5.73 Å². The van der Waals surface area contributed by atoms with Crippen LogP contribution in [-0.2, 0) is 6.54 Å². The highest BCUT2D eigenvalue weighted by Gasteiger charge is 2.05. The van der Waals surface area contributed by atoms with Crippen LogP contribution in [0.25, 0.3) is 0 Å². The zero-order valence-electron chi connectivity index (χ0n) is 8.94. The minimum Gasteiger partial charge on any atom is -0.370 e. The number of hydrogen-bond acceptors (Lipinski definition) is 2. The Kier molecular flexibility index (Phi) is 4.37. The number of guanidine groups is 1. The van der Waals surface area contributed by atoms with Crippen molar-refractivity contribution in [3.05, 3.63) is 29.0 Å². The Morgan fingerprint density at radius 1 is 1.60 bits per heavy atom. The Morgan fingerprint density at radius 2 is 2.33 bits per heavy atom. The van der Waals surface area contributed by atoms with Crippen LogP contribution in [0.2, 0.25) is 5.15 Å². The number of halogens is 1. The number of aliphatic imine (C=N–C) groups is 1. The first-order valence-corrected chi connectivity index (χ1v) is 5.12. The summed E-state index contributed by atoms with van der Waals surface area (Å²) in [6.07, 6.45) is 1.74. The normalized spacial score (nSPS) is 11.5. The van der Waals surface area contributed by atoms with Crippen molar-refractivity contribution in [1.82, 2.24) is 9.88 Å². The summed E-state index contributed by atoms with van der Waals surface area (Å²) in [5.41, 5.74) is 6.80. The maximum Gasteiger partial charge on any atom is 0.191 e. The molecule has 1 aromatic rings. The lowest BCUT2D eigenvalue weighted by molar-refractivity contribution is 0.429. The third kappa shape index (κ3) is 3.40. The lowest BCUT2D eigenvalue weighted by atomic mass is 10.2. The molecule has 0 fully saturated rings. The van der Waals surface area contributed by atoms with Gasteiger partial charge in [0.2, 0.25) is 0 Å². The van der Waals surface area contributed by atoms with Crippen molar-refractivity contribution in [2.24, 2.45) is 10.7 Å². The topological polar surface area (TPSA) is 54.5 Å². The van der Waals surface area contributed by atoms with Crippen molar-refractivity contribution in [1.29, 1.82) is 0 Å². The molecule has 2 N–H and O–H groups in total. The second kappa shape index (κ2) is 5.56. The molecule has 0 radical (unpaired) electrons. The van der Waals surface area contributed by atoms with Crippen molar-refractivity contribution < 1.29 is 0 Å². The molecule has 0 amide bonds. The van der Waals surface area contributed by atoms with Gasteiger partial charge in [-0.3, -0.25) is 4.99 Å². The third-order valence-corrected chi connectivity index (χ3v) is 2.32. The Hall–Kier alpha value is -1.29. The molecule has 0 aromatic carbocycles. The number of hydrogen-bond donors (Lipinski definition) is 1. The average molecular weight is 227 g/mol. The van der Waals surface area contributed by atoms with Crippen LogP contribution in [0.3, 0.4) is 0 Å². The van der Waals surface area contributed by atoms with Crippen molar-refractivity contribution in [2.75, 3.05) is 13.6 Å². The number of nitrogens with two attached hydrogens (primary N) is 1. The van der Waals surface area contributed by atoms with E-state index in [4.69, 9.17) is 17.3 Å². The summed E-state index contributed by atoms with van der Waals surface area (Å²) < 4.78 is 0. The van der Waals surface area contributed by atoms with Crippen molar-refractivity contribution in [3.8, 4) is 0 Å². The summed E-state index contributed by atoms with van der Waals surface area (Å²) in [6.45, 7) is 3.54. The van der Waals surface area contributed by atoms with E-state index in [-0.39, 0.29) is 0 Å². The summed E-state index contributed by atoms with van der Waals surface area (Å²) in [7, 11) is 1.68. The molecule has 0 saturated heterocycles. The fourth-order valence-corrected chi connectivity index (χ4v) is 1.33. The molecule has 1 aromatic heterocycles. The highest BCUT2D eigenvalue weighted by Crippen LogP contribution is 2.07. The van der Waals surface area contributed by atoms with Gasteiger partial charge in [-0.15, -0.1) is 0 Å². The third-order valence-electron chi connectivity index (χ3n) is 2.10. The maximum absolute atomic E-state index is 5.73. The quantitative estimate of drug-likeness (QED) is 0.483. The van der Waals surface area contributed by atoms with Gasteiger partial charge < -0.3 is 10.6 Å². The van der Waals surface area contributed by atoms with E-state index >= 15 is 0 Å². The van der Waals surface area contributed by atoms with Gasteiger partial charge in [0.1, 0.15) is 5.15 Å². The van der Waals surface area contributed by atoms with E-state index in [1.807, 2.05) is 17.9 Å². The number of nitrogens with zero attached hydrogens (tertiary/aromatic N) is 3. The van der Waals surface area contributed by atoms with Crippen LogP contribution in [0.4, 0.5) is 0 Å². The van der Waals surface area contributed by atoms with Crippen LogP contribution in [-0.4, -0.2) is 29.4 Å². The van der Waals surface area contributed by atoms with Crippen LogP contribution in [0.15, 0.2) is 23.3 Å². The number of aromatic nitrogens is 1. The van der Waals surface area contributed by atoms with Gasteiger partial charge in [-0.25, -0.2) is 4.98 Å². The number of rotatable bonds is 3. The monoisotopic (exact) mass is 226 g/mol. The molecular weight excluding hydrogens is 212 g/mol. The first-order chi connectivity index (χ1) is 7.17. The molecule has 0 atom stereocenters. The molecule has 1 heterocycles. The van der Waals surface area contributed by atoms with Gasteiger partial charge in [-0.05, 0) is 18.6 Å². The summed E-state index contributed by atoms with van der Waals surface area (Å²) in [5, 5.41) is 0.499. The Balaban J connectivity index is 2.71. The number of pyridine rings is 1. The zero-order chi connectivity index (χ0) is 11.3. The van der Waals surface area contributed by atoms with E-state index in [1.54, 1.807) is 19.3 Å². The molecular formula is C10H15ClN4. The van der Waals surface area contributed by atoms with Gasteiger partial charge >= 0.3 is 0 Å². The van der Waals surface area contributed by atoms with Gasteiger partial charge in [-0.1, -0.05) is 17.7 Å². The van der Waals surface area contributed by atoms with E-state index in [0.29, 0.717) is 17.7 Å². The maximum atomic E-state index is 5.73.